The molecule has 0 atom stereocenters. The molecule has 1 N–H and O–H groups in total. The molecule has 0 fully saturated rings. The van der Waals surface area contributed by atoms with E-state index in [1.54, 1.807) is 0 Å². The average Bonchev–Trinajstić information content (AvgIpc) is 2.81. The molecule has 2 aromatic rings. The Labute approximate surface area is 117 Å². The summed E-state index contributed by atoms with van der Waals surface area (Å²) in [7, 11) is 0. The lowest BCUT2D eigenvalue weighted by atomic mass is 10.3. The number of nitro groups is 1. The summed E-state index contributed by atoms with van der Waals surface area (Å²) in [5, 5.41) is 10.4. The average molecular weight is 359 g/mol. The molecule has 0 saturated heterocycles. The van der Waals surface area contributed by atoms with Gasteiger partial charge in [0.2, 0.25) is 0 Å². The van der Waals surface area contributed by atoms with Crippen LogP contribution in [-0.4, -0.2) is 21.5 Å². The second-order valence-electron chi connectivity index (χ2n) is 3.54. The van der Waals surface area contributed by atoms with Gasteiger partial charge in [-0.25, -0.2) is 4.98 Å². The van der Waals surface area contributed by atoms with Gasteiger partial charge >= 0.3 is 5.95 Å². The van der Waals surface area contributed by atoms with Crippen LogP contribution >= 0.6 is 22.6 Å². The normalized spacial score (nSPS) is 10.3. The summed E-state index contributed by atoms with van der Waals surface area (Å²) in [5.41, 5.74) is 0.687. The number of rotatable bonds is 5. The molecule has 0 aliphatic carbocycles. The Hall–Kier alpha value is -1.64. The van der Waals surface area contributed by atoms with E-state index in [1.165, 1.54) is 6.20 Å². The maximum absolute atomic E-state index is 10.4. The topological polar surface area (TPSA) is 81.1 Å². The molecule has 0 aliphatic rings. The quantitative estimate of drug-likeness (QED) is 0.505. The smallest absolute Gasteiger partial charge is 0.432 e. The molecule has 0 amide bonds. The third-order valence-electron chi connectivity index (χ3n) is 2.24. The zero-order valence-corrected chi connectivity index (χ0v) is 11.5. The van der Waals surface area contributed by atoms with Gasteiger partial charge < -0.3 is 14.9 Å². The van der Waals surface area contributed by atoms with Crippen LogP contribution in [0.2, 0.25) is 0 Å². The maximum Gasteiger partial charge on any atom is 0.432 e. The van der Waals surface area contributed by atoms with Crippen molar-refractivity contribution in [1.82, 2.24) is 9.97 Å². The third kappa shape index (κ3) is 3.42. The van der Waals surface area contributed by atoms with Crippen LogP contribution in [-0.2, 0) is 6.42 Å². The van der Waals surface area contributed by atoms with Crippen molar-refractivity contribution in [2.24, 2.45) is 0 Å². The highest BCUT2D eigenvalue weighted by atomic mass is 127. The van der Waals surface area contributed by atoms with Crippen molar-refractivity contribution in [3.8, 4) is 5.75 Å². The third-order valence-corrected chi connectivity index (χ3v) is 2.96. The Bertz CT molecular complexity index is 539. The van der Waals surface area contributed by atoms with E-state index in [0.717, 1.165) is 9.32 Å². The van der Waals surface area contributed by atoms with E-state index in [9.17, 15) is 10.1 Å². The second kappa shape index (κ2) is 5.80. The number of nitrogens with zero attached hydrogens (tertiary/aromatic N) is 2. The number of aromatic amines is 1. The molecule has 1 aromatic heterocycles. The summed E-state index contributed by atoms with van der Waals surface area (Å²) in [4.78, 5) is 16.1. The lowest BCUT2D eigenvalue weighted by Gasteiger charge is -2.03. The molecule has 0 unspecified atom stereocenters. The number of halogens is 1. The fourth-order valence-corrected chi connectivity index (χ4v) is 1.74. The van der Waals surface area contributed by atoms with Gasteiger partial charge in [-0.1, -0.05) is 4.98 Å². The lowest BCUT2D eigenvalue weighted by Crippen LogP contribution is -2.01. The van der Waals surface area contributed by atoms with Crippen LogP contribution in [0.4, 0.5) is 5.95 Å². The molecule has 2 rings (SSSR count). The lowest BCUT2D eigenvalue weighted by molar-refractivity contribution is -0.393. The summed E-state index contributed by atoms with van der Waals surface area (Å²) >= 11 is 2.22. The van der Waals surface area contributed by atoms with Gasteiger partial charge in [0.25, 0.3) is 0 Å². The molecular weight excluding hydrogens is 349 g/mol. The van der Waals surface area contributed by atoms with E-state index in [0.29, 0.717) is 18.7 Å². The van der Waals surface area contributed by atoms with Crippen molar-refractivity contribution >= 4 is 28.5 Å². The van der Waals surface area contributed by atoms with E-state index < -0.39 is 4.92 Å². The van der Waals surface area contributed by atoms with Crippen LogP contribution in [0.5, 0.6) is 5.75 Å². The molecule has 18 heavy (non-hydrogen) atoms. The zero-order valence-electron chi connectivity index (χ0n) is 9.30. The SMILES string of the molecule is O=[N+]([O-])c1ncc(CCOc2ccc(I)cc2)[nH]1. The molecule has 0 saturated carbocycles. The van der Waals surface area contributed by atoms with Crippen LogP contribution < -0.4 is 4.74 Å². The standard InChI is InChI=1S/C11H10IN3O3/c12-8-1-3-10(4-2-8)18-6-5-9-7-13-11(14-9)15(16)17/h1-4,7H,5-6H2,(H,13,14). The Morgan fingerprint density at radius 1 is 1.39 bits per heavy atom. The molecule has 0 aliphatic heterocycles. The summed E-state index contributed by atoms with van der Waals surface area (Å²) in [6.07, 6.45) is 2.00. The molecule has 0 radical (unpaired) electrons. The second-order valence-corrected chi connectivity index (χ2v) is 4.79. The first-order valence-corrected chi connectivity index (χ1v) is 6.29. The minimum absolute atomic E-state index is 0.237. The summed E-state index contributed by atoms with van der Waals surface area (Å²) in [5.74, 6) is 0.545. The molecule has 0 spiro atoms. The largest absolute Gasteiger partial charge is 0.493 e. The number of benzene rings is 1. The summed E-state index contributed by atoms with van der Waals surface area (Å²) < 4.78 is 6.66. The van der Waals surface area contributed by atoms with E-state index in [-0.39, 0.29) is 5.95 Å². The summed E-state index contributed by atoms with van der Waals surface area (Å²) in [6.45, 7) is 0.444. The van der Waals surface area contributed by atoms with Gasteiger partial charge in [-0.2, -0.15) is 0 Å². The fraction of sp³-hybridized carbons (Fsp3) is 0.182. The monoisotopic (exact) mass is 359 g/mol. The molecule has 0 bridgehead atoms. The van der Waals surface area contributed by atoms with Gasteiger partial charge in [-0.05, 0) is 51.8 Å². The van der Waals surface area contributed by atoms with Gasteiger partial charge in [0.05, 0.1) is 6.61 Å². The van der Waals surface area contributed by atoms with E-state index >= 15 is 0 Å². The van der Waals surface area contributed by atoms with E-state index in [4.69, 9.17) is 4.74 Å². The molecular formula is C11H10IN3O3. The van der Waals surface area contributed by atoms with Crippen LogP contribution in [0.25, 0.3) is 0 Å². The first kappa shape index (κ1) is 12.8. The zero-order chi connectivity index (χ0) is 13.0. The van der Waals surface area contributed by atoms with Crippen LogP contribution in [0.1, 0.15) is 5.69 Å². The number of aromatic nitrogens is 2. The Morgan fingerprint density at radius 3 is 2.72 bits per heavy atom. The van der Waals surface area contributed by atoms with Gasteiger partial charge in [-0.3, -0.25) is 0 Å². The van der Waals surface area contributed by atoms with Crippen molar-refractivity contribution in [1.29, 1.82) is 0 Å². The van der Waals surface area contributed by atoms with Crippen LogP contribution in [0.15, 0.2) is 30.5 Å². The first-order valence-electron chi connectivity index (χ1n) is 5.22. The van der Waals surface area contributed by atoms with Gasteiger partial charge in [0.15, 0.2) is 0 Å². The van der Waals surface area contributed by atoms with Crippen molar-refractivity contribution in [3.05, 3.63) is 49.8 Å². The Morgan fingerprint density at radius 2 is 2.11 bits per heavy atom. The van der Waals surface area contributed by atoms with Crippen LogP contribution in [0, 0.1) is 13.7 Å². The van der Waals surface area contributed by atoms with Gasteiger partial charge in [0.1, 0.15) is 17.6 Å². The number of hydrogen-bond acceptors (Lipinski definition) is 4. The molecule has 7 heteroatoms. The van der Waals surface area contributed by atoms with Crippen molar-refractivity contribution in [2.45, 2.75) is 6.42 Å². The Balaban J connectivity index is 1.84. The van der Waals surface area contributed by atoms with Gasteiger partial charge in [0, 0.05) is 9.99 Å². The first-order chi connectivity index (χ1) is 8.65. The van der Waals surface area contributed by atoms with Crippen molar-refractivity contribution in [2.75, 3.05) is 6.61 Å². The maximum atomic E-state index is 10.4. The minimum atomic E-state index is -0.552. The predicted octanol–water partition coefficient (Wildman–Crippen LogP) is 2.54. The molecule has 94 valence electrons. The number of nitrogens with one attached hydrogen (secondary N) is 1. The molecule has 1 aromatic carbocycles. The van der Waals surface area contributed by atoms with Crippen molar-refractivity contribution < 1.29 is 9.66 Å². The fourth-order valence-electron chi connectivity index (χ4n) is 1.38. The van der Waals surface area contributed by atoms with Crippen molar-refractivity contribution in [3.63, 3.8) is 0 Å². The number of hydrogen-bond donors (Lipinski definition) is 1. The van der Waals surface area contributed by atoms with Gasteiger partial charge in [-0.15, -0.1) is 0 Å². The predicted molar refractivity (Wildman–Crippen MR) is 73.6 cm³/mol. The highest BCUT2D eigenvalue weighted by Crippen LogP contribution is 2.14. The van der Waals surface area contributed by atoms with E-state index in [1.807, 2.05) is 24.3 Å². The molecule has 1 heterocycles. The summed E-state index contributed by atoms with van der Waals surface area (Å²) in [6, 6.07) is 7.68. The Kier molecular flexibility index (Phi) is 4.13. The molecule has 6 nitrogen and oxygen atoms in total. The minimum Gasteiger partial charge on any atom is -0.493 e. The number of ether oxygens (including phenoxy) is 1. The number of imidazole rings is 1. The van der Waals surface area contributed by atoms with E-state index in [2.05, 4.69) is 32.6 Å². The highest BCUT2D eigenvalue weighted by Gasteiger charge is 2.10. The van der Waals surface area contributed by atoms with Crippen LogP contribution in [0.3, 0.4) is 0 Å². The number of H-pyrrole nitrogens is 1. The highest BCUT2D eigenvalue weighted by molar-refractivity contribution is 14.1.